The molecule has 5 heterocycles. The summed E-state index contributed by atoms with van der Waals surface area (Å²) in [6, 6.07) is 21.4. The normalized spacial score (nSPS) is 17.2. The second-order valence-corrected chi connectivity index (χ2v) is 27.5. The number of nitrogens with zero attached hydrogens (tertiary/aromatic N) is 6. The van der Waals surface area contributed by atoms with Crippen LogP contribution >= 0.6 is 11.6 Å². The lowest BCUT2D eigenvalue weighted by molar-refractivity contribution is -0.123. The maximum absolute atomic E-state index is 13.9. The summed E-state index contributed by atoms with van der Waals surface area (Å²) < 4.78 is 72.4. The van der Waals surface area contributed by atoms with Gasteiger partial charge in [-0.2, -0.15) is 4.98 Å². The SMILES string of the molecule is COC[C@H]1CN[C@H](C)CN1CC(=O)N1CC(C)(C)c2ncc(Cc3cccc(OCCOCCOCCOCCOCCOCCNC(=O)CN4CCC(c5cc(OC(C)C)c(Nc6ncc(Cl)c(Nc7ccccc7S(=O)(=O)C(C)C)n6)cc5C)CC4)c3)cc21. The number of sulfone groups is 1. The number of amides is 2. The van der Waals surface area contributed by atoms with Crippen molar-refractivity contribution < 1.29 is 55.9 Å². The van der Waals surface area contributed by atoms with Gasteiger partial charge in [-0.1, -0.05) is 49.7 Å². The van der Waals surface area contributed by atoms with Crippen LogP contribution < -0.4 is 35.6 Å². The van der Waals surface area contributed by atoms with Gasteiger partial charge in [-0.15, -0.1) is 0 Å². The Bertz CT molecular complexity index is 3260. The maximum Gasteiger partial charge on any atom is 0.241 e. The average molecular weight is 1300 g/mol. The van der Waals surface area contributed by atoms with Gasteiger partial charge in [0.25, 0.3) is 0 Å². The van der Waals surface area contributed by atoms with Crippen molar-refractivity contribution in [1.29, 1.82) is 0 Å². The maximum atomic E-state index is 13.9. The van der Waals surface area contributed by atoms with Crippen molar-refractivity contribution >= 4 is 62.1 Å². The summed E-state index contributed by atoms with van der Waals surface area (Å²) in [5.74, 6) is 2.25. The second kappa shape index (κ2) is 34.7. The third kappa shape index (κ3) is 21.0. The van der Waals surface area contributed by atoms with Gasteiger partial charge in [-0.3, -0.25) is 24.4 Å². The number of methoxy groups -OCH3 is 1. The molecule has 24 heteroatoms. The van der Waals surface area contributed by atoms with E-state index in [0.29, 0.717) is 135 Å². The van der Waals surface area contributed by atoms with Gasteiger partial charge in [0.05, 0.1) is 131 Å². The number of hydrogen-bond donors (Lipinski definition) is 4. The molecule has 2 atom stereocenters. The van der Waals surface area contributed by atoms with Gasteiger partial charge in [0.1, 0.15) is 23.1 Å². The van der Waals surface area contributed by atoms with Crippen LogP contribution in [-0.4, -0.2) is 207 Å². The number of carbonyl (C=O) groups is 2. The zero-order chi connectivity index (χ0) is 64.9. The first-order valence-electron chi connectivity index (χ1n) is 31.8. The van der Waals surface area contributed by atoms with Crippen LogP contribution in [0.4, 0.5) is 28.8 Å². The minimum absolute atomic E-state index is 0.0360. The van der Waals surface area contributed by atoms with Crippen LogP contribution in [0.2, 0.25) is 5.02 Å². The van der Waals surface area contributed by atoms with Gasteiger partial charge < -0.3 is 64.1 Å². The summed E-state index contributed by atoms with van der Waals surface area (Å²) in [4.78, 5) is 47.2. The Balaban J connectivity index is 0.629. The van der Waals surface area contributed by atoms with E-state index in [4.69, 9.17) is 54.5 Å². The number of likely N-dealkylation sites (tertiary alicyclic amines) is 1. The van der Waals surface area contributed by atoms with E-state index in [0.717, 1.165) is 72.8 Å². The molecule has 0 saturated carbocycles. The number of nitrogens with one attached hydrogen (secondary N) is 4. The lowest BCUT2D eigenvalue weighted by atomic mass is 9.86. The van der Waals surface area contributed by atoms with Crippen LogP contribution in [0.5, 0.6) is 11.5 Å². The minimum atomic E-state index is -3.59. The zero-order valence-corrected chi connectivity index (χ0v) is 56.1. The van der Waals surface area contributed by atoms with E-state index in [9.17, 15) is 18.0 Å². The molecular weight excluding hydrogens is 1200 g/mol. The summed E-state index contributed by atoms with van der Waals surface area (Å²) in [5.41, 5.74) is 7.04. The Kier molecular flexibility index (Phi) is 27.0. The molecule has 2 aromatic heterocycles. The van der Waals surface area contributed by atoms with Crippen LogP contribution in [0.15, 0.2) is 84.0 Å². The number of fused-ring (bicyclic) bond motifs is 1. The van der Waals surface area contributed by atoms with Crippen molar-refractivity contribution in [2.75, 3.05) is 154 Å². The zero-order valence-electron chi connectivity index (χ0n) is 54.5. The van der Waals surface area contributed by atoms with Crippen molar-refractivity contribution in [3.8, 4) is 11.5 Å². The highest BCUT2D eigenvalue weighted by atomic mass is 35.5. The van der Waals surface area contributed by atoms with Crippen LogP contribution in [0.1, 0.15) is 95.2 Å². The number of pyridine rings is 1. The highest BCUT2D eigenvalue weighted by Gasteiger charge is 2.41. The van der Waals surface area contributed by atoms with Gasteiger partial charge in [0.15, 0.2) is 15.7 Å². The number of anilines is 5. The number of para-hydroxylation sites is 1. The Morgan fingerprint density at radius 3 is 2.15 bits per heavy atom. The van der Waals surface area contributed by atoms with E-state index < -0.39 is 15.1 Å². The van der Waals surface area contributed by atoms with Gasteiger partial charge in [0.2, 0.25) is 17.8 Å². The van der Waals surface area contributed by atoms with Crippen LogP contribution in [-0.2, 0) is 59.7 Å². The molecule has 8 rings (SSSR count). The molecule has 0 bridgehead atoms. The number of rotatable bonds is 36. The standard InChI is InChI=1S/C67H95ClN10O12S/c1-46(2)90-60-37-55(48(5)33-58(60)74-66-72-40-56(68)65(75-66)73-57-15-10-11-16-61(57)91(81,82)47(3)4)52-17-20-76(21-18-52)42-62(79)69-19-22-84-23-24-85-25-26-86-27-28-87-29-30-88-31-32-89-54-14-12-13-50(35-54)34-51-36-59-64(71-38-51)67(7,8)45-78(59)63(80)43-77-41-49(6)70-39-53(77)44-83-9/h10-16,33,35-38,40,46-47,49,52-53,70H,17-32,34,39,41-45H2,1-9H3,(H,69,79)(H2,72,73,74,75)/t49-,53-/m1/s1. The Labute approximate surface area is 543 Å². The van der Waals surface area contributed by atoms with Crippen LogP contribution in [0, 0.1) is 6.92 Å². The number of benzene rings is 3. The number of aryl methyl sites for hydroxylation is 1. The summed E-state index contributed by atoms with van der Waals surface area (Å²) in [6.07, 6.45) is 5.72. The fourth-order valence-corrected chi connectivity index (χ4v) is 12.8. The van der Waals surface area contributed by atoms with E-state index in [1.807, 2.05) is 49.2 Å². The monoisotopic (exact) mass is 1300 g/mol. The fraction of sp³-hybridized carbons (Fsp3) is 0.567. The molecule has 2 amide bonds. The largest absolute Gasteiger partial charge is 0.491 e. The Hall–Kier alpha value is -6.09. The molecule has 5 aromatic rings. The molecule has 3 aliphatic heterocycles. The molecular formula is C67H95ClN10O12S. The first-order valence-corrected chi connectivity index (χ1v) is 33.8. The molecule has 498 valence electrons. The smallest absolute Gasteiger partial charge is 0.241 e. The summed E-state index contributed by atoms with van der Waals surface area (Å²) in [6.45, 7) is 25.8. The lowest BCUT2D eigenvalue weighted by Gasteiger charge is -2.39. The van der Waals surface area contributed by atoms with Crippen molar-refractivity contribution in [2.45, 2.75) is 114 Å². The Morgan fingerprint density at radius 1 is 0.791 bits per heavy atom. The van der Waals surface area contributed by atoms with Gasteiger partial charge in [-0.25, -0.2) is 13.4 Å². The summed E-state index contributed by atoms with van der Waals surface area (Å²) in [5, 5.41) is 12.5. The first kappa shape index (κ1) is 70.8. The van der Waals surface area contributed by atoms with Crippen LogP contribution in [0.3, 0.4) is 0 Å². The molecule has 2 saturated heterocycles. The molecule has 3 aromatic carbocycles. The predicted molar refractivity (Wildman–Crippen MR) is 354 cm³/mol. The Morgan fingerprint density at radius 2 is 1.47 bits per heavy atom. The molecule has 0 spiro atoms. The van der Waals surface area contributed by atoms with Crippen LogP contribution in [0.25, 0.3) is 0 Å². The van der Waals surface area contributed by atoms with Gasteiger partial charge >= 0.3 is 0 Å². The predicted octanol–water partition coefficient (Wildman–Crippen LogP) is 8.27. The van der Waals surface area contributed by atoms with E-state index in [-0.39, 0.29) is 57.0 Å². The highest BCUT2D eigenvalue weighted by Crippen LogP contribution is 2.41. The number of carbonyl (C=O) groups excluding carboxylic acids is 2. The lowest BCUT2D eigenvalue weighted by Crippen LogP contribution is -2.59. The third-order valence-electron chi connectivity index (χ3n) is 16.2. The molecule has 0 radical (unpaired) electrons. The highest BCUT2D eigenvalue weighted by molar-refractivity contribution is 7.92. The molecule has 91 heavy (non-hydrogen) atoms. The number of ether oxygens (including phenoxy) is 8. The van der Waals surface area contributed by atoms with Crippen molar-refractivity contribution in [3.63, 3.8) is 0 Å². The average Bonchev–Trinajstić information content (AvgIpc) is 1.67. The number of piperazine rings is 1. The second-order valence-electron chi connectivity index (χ2n) is 24.7. The molecule has 3 aliphatic rings. The molecule has 4 N–H and O–H groups in total. The van der Waals surface area contributed by atoms with Crippen molar-refractivity contribution in [2.24, 2.45) is 0 Å². The van der Waals surface area contributed by atoms with E-state index >= 15 is 0 Å². The minimum Gasteiger partial charge on any atom is -0.491 e. The van der Waals surface area contributed by atoms with E-state index in [2.05, 4.69) is 86.9 Å². The van der Waals surface area contributed by atoms with E-state index in [1.54, 1.807) is 45.2 Å². The van der Waals surface area contributed by atoms with Crippen molar-refractivity contribution in [1.82, 2.24) is 35.4 Å². The topological polar surface area (TPSA) is 239 Å². The summed E-state index contributed by atoms with van der Waals surface area (Å²) >= 11 is 6.53. The molecule has 0 unspecified atom stereocenters. The number of hydrogen-bond acceptors (Lipinski definition) is 20. The number of piperidine rings is 1. The first-order chi connectivity index (χ1) is 43.8. The third-order valence-corrected chi connectivity index (χ3v) is 18.7. The van der Waals surface area contributed by atoms with Crippen molar-refractivity contribution in [3.05, 3.63) is 112 Å². The van der Waals surface area contributed by atoms with E-state index in [1.165, 1.54) is 11.8 Å². The molecule has 0 aliphatic carbocycles. The number of halogens is 1. The van der Waals surface area contributed by atoms with Gasteiger partial charge in [-0.05, 0) is 145 Å². The molecule has 22 nitrogen and oxygen atoms in total. The quantitative estimate of drug-likeness (QED) is 0.0276. The summed E-state index contributed by atoms with van der Waals surface area (Å²) in [7, 11) is -1.88. The number of aromatic nitrogens is 3. The molecule has 2 fully saturated rings. The fourth-order valence-electron chi connectivity index (χ4n) is 11.5. The van der Waals surface area contributed by atoms with Gasteiger partial charge in [0, 0.05) is 57.0 Å².